The Morgan fingerprint density at radius 1 is 1.20 bits per heavy atom. The van der Waals surface area contributed by atoms with E-state index in [2.05, 4.69) is 5.32 Å². The maximum absolute atomic E-state index is 12.1. The van der Waals surface area contributed by atoms with Gasteiger partial charge in [0.15, 0.2) is 0 Å². The zero-order chi connectivity index (χ0) is 15.9. The minimum Gasteiger partial charge on any atom is -0.481 e. The van der Waals surface area contributed by atoms with Gasteiger partial charge < -0.3 is 20.2 Å². The van der Waals surface area contributed by atoms with E-state index in [0.717, 1.165) is 0 Å². The van der Waals surface area contributed by atoms with Crippen molar-refractivity contribution in [2.45, 2.75) is 39.7 Å². The van der Waals surface area contributed by atoms with E-state index in [-0.39, 0.29) is 25.4 Å². The van der Waals surface area contributed by atoms with Gasteiger partial charge in [-0.05, 0) is 27.7 Å². The molecule has 0 aliphatic carbocycles. The maximum Gasteiger partial charge on any atom is 0.318 e. The summed E-state index contributed by atoms with van der Waals surface area (Å²) in [5.41, 5.74) is -0.515. The average Bonchev–Trinajstić information content (AvgIpc) is 2.32. The van der Waals surface area contributed by atoms with Crippen LogP contribution in [0.5, 0.6) is 0 Å². The third-order valence-electron chi connectivity index (χ3n) is 2.90. The van der Waals surface area contributed by atoms with Gasteiger partial charge in [0.25, 0.3) is 0 Å². The first-order valence-corrected chi connectivity index (χ1v) is 6.60. The Bertz CT molecular complexity index is 363. The van der Waals surface area contributed by atoms with Gasteiger partial charge in [-0.3, -0.25) is 9.59 Å². The number of rotatable bonds is 6. The second-order valence-corrected chi connectivity index (χ2v) is 5.53. The summed E-state index contributed by atoms with van der Waals surface area (Å²) in [7, 11) is 1.65. The highest BCUT2D eigenvalue weighted by Gasteiger charge is 2.27. The molecule has 0 rings (SSSR count). The molecule has 7 heteroatoms. The van der Waals surface area contributed by atoms with E-state index < -0.39 is 17.5 Å². The standard InChI is InChI=1S/C13H25N3O4/c1-6-15(5)10(17)9-14-12(20)16(13(2,3)4)8-7-11(18)19/h6-9H2,1-5H3,(H,14,20)(H,18,19). The van der Waals surface area contributed by atoms with Gasteiger partial charge in [-0.2, -0.15) is 0 Å². The third-order valence-corrected chi connectivity index (χ3v) is 2.90. The smallest absolute Gasteiger partial charge is 0.318 e. The van der Waals surface area contributed by atoms with Gasteiger partial charge in [-0.15, -0.1) is 0 Å². The molecule has 3 amide bonds. The fraction of sp³-hybridized carbons (Fsp3) is 0.769. The highest BCUT2D eigenvalue weighted by atomic mass is 16.4. The molecule has 0 aliphatic heterocycles. The van der Waals surface area contributed by atoms with E-state index in [0.29, 0.717) is 6.54 Å². The lowest BCUT2D eigenvalue weighted by atomic mass is 10.1. The fourth-order valence-electron chi connectivity index (χ4n) is 1.51. The van der Waals surface area contributed by atoms with Crippen molar-refractivity contribution in [1.29, 1.82) is 0 Å². The van der Waals surface area contributed by atoms with E-state index in [1.807, 2.05) is 27.7 Å². The molecular formula is C13H25N3O4. The highest BCUT2D eigenvalue weighted by Crippen LogP contribution is 2.13. The molecule has 0 saturated heterocycles. The first-order valence-electron chi connectivity index (χ1n) is 6.60. The van der Waals surface area contributed by atoms with Crippen LogP contribution in [-0.4, -0.2) is 65.0 Å². The van der Waals surface area contributed by atoms with Crippen LogP contribution in [-0.2, 0) is 9.59 Å². The fourth-order valence-corrected chi connectivity index (χ4v) is 1.51. The molecule has 0 aromatic rings. The summed E-state index contributed by atoms with van der Waals surface area (Å²) < 4.78 is 0. The average molecular weight is 287 g/mol. The zero-order valence-electron chi connectivity index (χ0n) is 12.9. The lowest BCUT2D eigenvalue weighted by molar-refractivity contribution is -0.137. The van der Waals surface area contributed by atoms with Gasteiger partial charge in [-0.1, -0.05) is 0 Å². The van der Waals surface area contributed by atoms with E-state index >= 15 is 0 Å². The number of carboxylic acids is 1. The number of aliphatic carboxylic acids is 1. The lowest BCUT2D eigenvalue weighted by Crippen LogP contribution is -2.52. The van der Waals surface area contributed by atoms with E-state index in [4.69, 9.17) is 5.11 Å². The van der Waals surface area contributed by atoms with Crippen LogP contribution < -0.4 is 5.32 Å². The summed E-state index contributed by atoms with van der Waals surface area (Å²) in [4.78, 5) is 37.2. The Labute approximate surface area is 119 Å². The number of nitrogens with zero attached hydrogens (tertiary/aromatic N) is 2. The van der Waals surface area contributed by atoms with Gasteiger partial charge in [0.2, 0.25) is 5.91 Å². The summed E-state index contributed by atoms with van der Waals surface area (Å²) in [6.07, 6.45) is -0.131. The molecule has 0 heterocycles. The molecule has 0 atom stereocenters. The SMILES string of the molecule is CCN(C)C(=O)CNC(=O)N(CCC(=O)O)C(C)(C)C. The van der Waals surface area contributed by atoms with Crippen LogP contribution in [0.1, 0.15) is 34.1 Å². The van der Waals surface area contributed by atoms with Crippen LogP contribution >= 0.6 is 0 Å². The van der Waals surface area contributed by atoms with Crippen molar-refractivity contribution in [1.82, 2.24) is 15.1 Å². The molecule has 0 radical (unpaired) electrons. The number of hydrogen-bond acceptors (Lipinski definition) is 3. The number of amides is 3. The Morgan fingerprint density at radius 3 is 2.15 bits per heavy atom. The van der Waals surface area contributed by atoms with E-state index in [1.54, 1.807) is 7.05 Å². The Kier molecular flexibility index (Phi) is 7.02. The van der Waals surface area contributed by atoms with Crippen molar-refractivity contribution >= 4 is 17.9 Å². The van der Waals surface area contributed by atoms with Crippen LogP contribution in [0.3, 0.4) is 0 Å². The van der Waals surface area contributed by atoms with E-state index in [1.165, 1.54) is 9.80 Å². The largest absolute Gasteiger partial charge is 0.481 e. The molecule has 20 heavy (non-hydrogen) atoms. The number of hydrogen-bond donors (Lipinski definition) is 2. The van der Waals surface area contributed by atoms with Gasteiger partial charge in [0.1, 0.15) is 0 Å². The summed E-state index contributed by atoms with van der Waals surface area (Å²) in [6.45, 7) is 7.85. The van der Waals surface area contributed by atoms with Crippen LogP contribution in [0.4, 0.5) is 4.79 Å². The van der Waals surface area contributed by atoms with Crippen molar-refractivity contribution in [3.63, 3.8) is 0 Å². The first-order chi connectivity index (χ1) is 9.09. The molecule has 0 bridgehead atoms. The molecule has 0 aromatic heterocycles. The second kappa shape index (κ2) is 7.72. The Morgan fingerprint density at radius 2 is 1.75 bits per heavy atom. The summed E-state index contributed by atoms with van der Waals surface area (Å²) in [6, 6.07) is -0.434. The Hall–Kier alpha value is -1.79. The predicted molar refractivity (Wildman–Crippen MR) is 75.4 cm³/mol. The van der Waals surface area contributed by atoms with Crippen LogP contribution in [0.15, 0.2) is 0 Å². The molecule has 2 N–H and O–H groups in total. The minimum atomic E-state index is -0.964. The van der Waals surface area contributed by atoms with Gasteiger partial charge in [-0.25, -0.2) is 4.79 Å². The quantitative estimate of drug-likeness (QED) is 0.754. The topological polar surface area (TPSA) is 90.0 Å². The molecule has 0 saturated carbocycles. The summed E-state index contributed by atoms with van der Waals surface area (Å²) in [5.74, 6) is -1.15. The number of carbonyl (C=O) groups excluding carboxylic acids is 2. The second-order valence-electron chi connectivity index (χ2n) is 5.53. The number of likely N-dealkylation sites (N-methyl/N-ethyl adjacent to an activating group) is 1. The van der Waals surface area contributed by atoms with Crippen LogP contribution in [0.2, 0.25) is 0 Å². The summed E-state index contributed by atoms with van der Waals surface area (Å²) >= 11 is 0. The monoisotopic (exact) mass is 287 g/mol. The van der Waals surface area contributed by atoms with Crippen molar-refractivity contribution in [2.75, 3.05) is 26.7 Å². The molecule has 0 spiro atoms. The first kappa shape index (κ1) is 18.2. The molecule has 0 aliphatic rings. The lowest BCUT2D eigenvalue weighted by Gasteiger charge is -2.35. The number of carbonyl (C=O) groups is 3. The van der Waals surface area contributed by atoms with E-state index in [9.17, 15) is 14.4 Å². The van der Waals surface area contributed by atoms with Crippen LogP contribution in [0.25, 0.3) is 0 Å². The predicted octanol–water partition coefficient (Wildman–Crippen LogP) is 0.750. The molecule has 116 valence electrons. The third kappa shape index (κ3) is 6.40. The highest BCUT2D eigenvalue weighted by molar-refractivity contribution is 5.84. The Balaban J connectivity index is 4.57. The van der Waals surface area contributed by atoms with Crippen molar-refractivity contribution in [2.24, 2.45) is 0 Å². The number of nitrogens with one attached hydrogen (secondary N) is 1. The van der Waals surface area contributed by atoms with Gasteiger partial charge >= 0.3 is 12.0 Å². The van der Waals surface area contributed by atoms with Crippen molar-refractivity contribution < 1.29 is 19.5 Å². The van der Waals surface area contributed by atoms with Crippen LogP contribution in [0, 0.1) is 0 Å². The molecule has 0 fully saturated rings. The molecular weight excluding hydrogens is 262 g/mol. The number of urea groups is 1. The molecule has 0 unspecified atom stereocenters. The zero-order valence-corrected chi connectivity index (χ0v) is 12.9. The van der Waals surface area contributed by atoms with Crippen molar-refractivity contribution in [3.8, 4) is 0 Å². The normalized spacial score (nSPS) is 10.8. The minimum absolute atomic E-state index is 0.0944. The maximum atomic E-state index is 12.1. The van der Waals surface area contributed by atoms with Crippen molar-refractivity contribution in [3.05, 3.63) is 0 Å². The molecule has 0 aromatic carbocycles. The number of carboxylic acid groups (broad SMARTS) is 1. The van der Waals surface area contributed by atoms with Gasteiger partial charge in [0, 0.05) is 25.7 Å². The molecule has 7 nitrogen and oxygen atoms in total. The summed E-state index contributed by atoms with van der Waals surface area (Å²) in [5, 5.41) is 11.2. The van der Waals surface area contributed by atoms with Gasteiger partial charge in [0.05, 0.1) is 13.0 Å².